The van der Waals surface area contributed by atoms with Gasteiger partial charge in [-0.25, -0.2) is 0 Å². The topological polar surface area (TPSA) is 53.7 Å². The molecular weight excluding hydrogens is 194 g/mol. The summed E-state index contributed by atoms with van der Waals surface area (Å²) in [6.07, 6.45) is 3.94. The smallest absolute Gasteiger partial charge is 0.0701 e. The highest BCUT2D eigenvalue weighted by Gasteiger charge is 1.90. The molecule has 0 saturated heterocycles. The van der Waals surface area contributed by atoms with Crippen LogP contribution < -0.4 is 5.73 Å². The summed E-state index contributed by atoms with van der Waals surface area (Å²) in [5.74, 6) is 0. The Balaban J connectivity index is 2.83. The zero-order valence-corrected chi connectivity index (χ0v) is 9.45. The second-order valence-electron chi connectivity index (χ2n) is 3.06. The summed E-state index contributed by atoms with van der Waals surface area (Å²) in [6.45, 7) is 8.06. The lowest BCUT2D eigenvalue weighted by Crippen LogP contribution is -2.13. The molecule has 0 bridgehead atoms. The molecule has 0 aromatic carbocycles. The van der Waals surface area contributed by atoms with Gasteiger partial charge in [0.2, 0.25) is 0 Å². The van der Waals surface area contributed by atoms with Gasteiger partial charge in [0, 0.05) is 13.2 Å². The molecule has 0 spiro atoms. The number of nitrogens with two attached hydrogens (primary N) is 1. The van der Waals surface area contributed by atoms with Crippen molar-refractivity contribution in [3.8, 4) is 0 Å². The van der Waals surface area contributed by atoms with E-state index in [9.17, 15) is 0 Å². The molecule has 0 saturated carbocycles. The minimum absolute atomic E-state index is 0.562. The quantitative estimate of drug-likeness (QED) is 0.391. The third-order valence-electron chi connectivity index (χ3n) is 1.70. The minimum Gasteiger partial charge on any atom is -0.379 e. The number of allylic oxidation sites excluding steroid dienone is 1. The van der Waals surface area contributed by atoms with E-state index in [0.717, 1.165) is 19.4 Å². The van der Waals surface area contributed by atoms with Crippen LogP contribution in [-0.4, -0.2) is 46.2 Å². The molecule has 15 heavy (non-hydrogen) atoms. The van der Waals surface area contributed by atoms with Gasteiger partial charge in [0.25, 0.3) is 0 Å². The van der Waals surface area contributed by atoms with Gasteiger partial charge in [-0.3, -0.25) is 0 Å². The van der Waals surface area contributed by atoms with Crippen LogP contribution in [0.5, 0.6) is 0 Å². The number of rotatable bonds is 12. The molecule has 4 nitrogen and oxygen atoms in total. The Kier molecular flexibility index (Phi) is 13.2. The fourth-order valence-corrected chi connectivity index (χ4v) is 0.955. The molecule has 0 rings (SSSR count). The van der Waals surface area contributed by atoms with Crippen LogP contribution in [0.1, 0.15) is 12.8 Å². The van der Waals surface area contributed by atoms with E-state index in [2.05, 4.69) is 6.58 Å². The highest BCUT2D eigenvalue weighted by molar-refractivity contribution is 4.64. The van der Waals surface area contributed by atoms with Crippen LogP contribution in [0.15, 0.2) is 12.7 Å². The number of hydrogen-bond acceptors (Lipinski definition) is 4. The van der Waals surface area contributed by atoms with Crippen LogP contribution in [0, 0.1) is 0 Å². The lowest BCUT2D eigenvalue weighted by molar-refractivity contribution is 0.0157. The maximum Gasteiger partial charge on any atom is 0.0701 e. The highest BCUT2D eigenvalue weighted by atomic mass is 16.5. The number of unbranched alkanes of at least 4 members (excludes halogenated alkanes) is 1. The summed E-state index contributed by atoms with van der Waals surface area (Å²) < 4.78 is 15.7. The molecule has 0 amide bonds. The maximum atomic E-state index is 5.33. The van der Waals surface area contributed by atoms with E-state index >= 15 is 0 Å². The Bertz CT molecular complexity index is 131. The summed E-state index contributed by atoms with van der Waals surface area (Å²) >= 11 is 0. The van der Waals surface area contributed by atoms with E-state index in [4.69, 9.17) is 19.9 Å². The molecule has 0 aliphatic heterocycles. The Labute approximate surface area is 92.4 Å². The molecule has 0 unspecified atom stereocenters. The van der Waals surface area contributed by atoms with Crippen LogP contribution in [0.4, 0.5) is 0 Å². The Hall–Kier alpha value is -0.420. The van der Waals surface area contributed by atoms with Crippen LogP contribution in [0.25, 0.3) is 0 Å². The zero-order valence-electron chi connectivity index (χ0n) is 9.45. The molecular formula is C11H23NO3. The summed E-state index contributed by atoms with van der Waals surface area (Å²) in [7, 11) is 0. The molecule has 2 N–H and O–H groups in total. The first-order valence-electron chi connectivity index (χ1n) is 5.46. The van der Waals surface area contributed by atoms with Crippen molar-refractivity contribution in [3.05, 3.63) is 12.7 Å². The van der Waals surface area contributed by atoms with Gasteiger partial charge in [-0.2, -0.15) is 0 Å². The molecule has 0 radical (unpaired) electrons. The highest BCUT2D eigenvalue weighted by Crippen LogP contribution is 1.90. The minimum atomic E-state index is 0.562. The first-order valence-corrected chi connectivity index (χ1v) is 5.46. The van der Waals surface area contributed by atoms with Gasteiger partial charge in [0.1, 0.15) is 0 Å². The third kappa shape index (κ3) is 13.6. The second kappa shape index (κ2) is 13.6. The molecule has 0 aliphatic rings. The fraction of sp³-hybridized carbons (Fsp3) is 0.818. The van der Waals surface area contributed by atoms with E-state index in [1.165, 1.54) is 0 Å². The van der Waals surface area contributed by atoms with Crippen molar-refractivity contribution in [2.75, 3.05) is 46.2 Å². The SMILES string of the molecule is C=CCCCOCCOCCOCCN. The van der Waals surface area contributed by atoms with Gasteiger partial charge < -0.3 is 19.9 Å². The van der Waals surface area contributed by atoms with Crippen LogP contribution >= 0.6 is 0 Å². The van der Waals surface area contributed by atoms with Crippen molar-refractivity contribution in [3.63, 3.8) is 0 Å². The molecule has 0 aliphatic carbocycles. The Morgan fingerprint density at radius 2 is 1.40 bits per heavy atom. The first kappa shape index (κ1) is 14.6. The van der Waals surface area contributed by atoms with Gasteiger partial charge in [0.05, 0.1) is 33.0 Å². The van der Waals surface area contributed by atoms with E-state index in [-0.39, 0.29) is 0 Å². The van der Waals surface area contributed by atoms with Crippen molar-refractivity contribution in [2.45, 2.75) is 12.8 Å². The van der Waals surface area contributed by atoms with Crippen LogP contribution in [0.3, 0.4) is 0 Å². The van der Waals surface area contributed by atoms with Crippen molar-refractivity contribution in [1.29, 1.82) is 0 Å². The van der Waals surface area contributed by atoms with Gasteiger partial charge in [-0.15, -0.1) is 6.58 Å². The van der Waals surface area contributed by atoms with Gasteiger partial charge in [-0.1, -0.05) is 6.08 Å². The largest absolute Gasteiger partial charge is 0.379 e. The predicted molar refractivity (Wildman–Crippen MR) is 60.9 cm³/mol. The molecule has 4 heteroatoms. The molecule has 0 aromatic heterocycles. The zero-order chi connectivity index (χ0) is 11.2. The molecule has 0 aromatic rings. The summed E-state index contributed by atoms with van der Waals surface area (Å²) in [6, 6.07) is 0. The number of hydrogen-bond donors (Lipinski definition) is 1. The maximum absolute atomic E-state index is 5.33. The first-order chi connectivity index (χ1) is 7.41. The van der Waals surface area contributed by atoms with Gasteiger partial charge in [0.15, 0.2) is 0 Å². The summed E-state index contributed by atoms with van der Waals surface area (Å²) in [5.41, 5.74) is 5.26. The molecule has 0 atom stereocenters. The van der Waals surface area contributed by atoms with E-state index in [0.29, 0.717) is 39.6 Å². The normalized spacial score (nSPS) is 10.5. The standard InChI is InChI=1S/C11H23NO3/c1-2-3-4-6-13-8-10-15-11-9-14-7-5-12/h2H,1,3-12H2. The molecule has 90 valence electrons. The van der Waals surface area contributed by atoms with E-state index < -0.39 is 0 Å². The predicted octanol–water partition coefficient (Wildman–Crippen LogP) is 0.961. The van der Waals surface area contributed by atoms with E-state index in [1.54, 1.807) is 0 Å². The molecule has 0 fully saturated rings. The van der Waals surface area contributed by atoms with Crippen molar-refractivity contribution in [1.82, 2.24) is 0 Å². The average molecular weight is 217 g/mol. The summed E-state index contributed by atoms with van der Waals surface area (Å²) in [5, 5.41) is 0. The lowest BCUT2D eigenvalue weighted by atomic mass is 10.3. The lowest BCUT2D eigenvalue weighted by Gasteiger charge is -2.05. The Morgan fingerprint density at radius 3 is 1.93 bits per heavy atom. The van der Waals surface area contributed by atoms with E-state index in [1.807, 2.05) is 6.08 Å². The van der Waals surface area contributed by atoms with Gasteiger partial charge >= 0.3 is 0 Å². The summed E-state index contributed by atoms with van der Waals surface area (Å²) in [4.78, 5) is 0. The fourth-order valence-electron chi connectivity index (χ4n) is 0.955. The van der Waals surface area contributed by atoms with Crippen molar-refractivity contribution < 1.29 is 14.2 Å². The van der Waals surface area contributed by atoms with Gasteiger partial charge in [-0.05, 0) is 12.8 Å². The monoisotopic (exact) mass is 217 g/mol. The Morgan fingerprint density at radius 1 is 0.867 bits per heavy atom. The van der Waals surface area contributed by atoms with Crippen molar-refractivity contribution in [2.24, 2.45) is 5.73 Å². The van der Waals surface area contributed by atoms with Crippen molar-refractivity contribution >= 4 is 0 Å². The second-order valence-corrected chi connectivity index (χ2v) is 3.06. The van der Waals surface area contributed by atoms with Crippen LogP contribution in [0.2, 0.25) is 0 Å². The van der Waals surface area contributed by atoms with Crippen LogP contribution in [-0.2, 0) is 14.2 Å². The molecule has 0 heterocycles. The number of ether oxygens (including phenoxy) is 3. The average Bonchev–Trinajstić information content (AvgIpc) is 2.26. The third-order valence-corrected chi connectivity index (χ3v) is 1.70.